The van der Waals surface area contributed by atoms with Crippen molar-refractivity contribution in [2.45, 2.75) is 44.8 Å². The van der Waals surface area contributed by atoms with Gasteiger partial charge in [0, 0.05) is 6.42 Å². The summed E-state index contributed by atoms with van der Waals surface area (Å²) in [4.78, 5) is 12.0. The summed E-state index contributed by atoms with van der Waals surface area (Å²) in [6.45, 7) is 3.69. The molecule has 0 aromatic heterocycles. The van der Waals surface area contributed by atoms with Crippen molar-refractivity contribution in [2.75, 3.05) is 13.1 Å². The molecule has 128 valence electrons. The zero-order valence-electron chi connectivity index (χ0n) is 13.2. The van der Waals surface area contributed by atoms with Crippen LogP contribution in [0.25, 0.3) is 0 Å². The third-order valence-corrected chi connectivity index (χ3v) is 4.33. The Morgan fingerprint density at radius 1 is 1.35 bits per heavy atom. The Kier molecular flexibility index (Phi) is 6.04. The molecule has 0 bridgehead atoms. The van der Waals surface area contributed by atoms with Crippen LogP contribution in [0, 0.1) is 5.92 Å². The van der Waals surface area contributed by atoms with Crippen molar-refractivity contribution in [3.8, 4) is 0 Å². The van der Waals surface area contributed by atoms with Crippen LogP contribution in [0.2, 0.25) is 0 Å². The molecule has 2 rings (SSSR count). The summed E-state index contributed by atoms with van der Waals surface area (Å²) < 4.78 is 38.2. The molecule has 1 heterocycles. The number of piperidine rings is 1. The molecule has 0 radical (unpaired) electrons. The average molecular weight is 328 g/mol. The molecule has 1 saturated heterocycles. The molecule has 23 heavy (non-hydrogen) atoms. The first-order valence-corrected chi connectivity index (χ1v) is 8.03. The molecule has 2 N–H and O–H groups in total. The third kappa shape index (κ3) is 5.53. The maximum Gasteiger partial charge on any atom is 0.416 e. The molecule has 3 nitrogen and oxygen atoms in total. The van der Waals surface area contributed by atoms with Crippen molar-refractivity contribution in [3.63, 3.8) is 0 Å². The molecule has 0 saturated carbocycles. The Labute approximate surface area is 134 Å². The smallest absolute Gasteiger partial charge is 0.350 e. The third-order valence-electron chi connectivity index (χ3n) is 4.33. The van der Waals surface area contributed by atoms with Crippen LogP contribution in [-0.4, -0.2) is 19.0 Å². The molecule has 1 fully saturated rings. The van der Waals surface area contributed by atoms with Crippen LogP contribution in [0.1, 0.15) is 49.8 Å². The van der Waals surface area contributed by atoms with E-state index in [1.54, 1.807) is 13.0 Å². The monoisotopic (exact) mass is 328 g/mol. The average Bonchev–Trinajstić information content (AvgIpc) is 2.53. The fourth-order valence-corrected chi connectivity index (χ4v) is 2.89. The van der Waals surface area contributed by atoms with Gasteiger partial charge in [-0.25, -0.2) is 0 Å². The van der Waals surface area contributed by atoms with Crippen LogP contribution in [0.5, 0.6) is 0 Å². The van der Waals surface area contributed by atoms with E-state index in [1.807, 2.05) is 0 Å². The highest BCUT2D eigenvalue weighted by molar-refractivity contribution is 5.76. The fourth-order valence-electron chi connectivity index (χ4n) is 2.89. The normalized spacial score (nSPS) is 17.7. The van der Waals surface area contributed by atoms with E-state index in [4.69, 9.17) is 0 Å². The van der Waals surface area contributed by atoms with Crippen molar-refractivity contribution >= 4 is 5.91 Å². The Hall–Kier alpha value is -1.56. The van der Waals surface area contributed by atoms with Gasteiger partial charge in [-0.1, -0.05) is 12.1 Å². The lowest BCUT2D eigenvalue weighted by atomic mass is 9.93. The molecule has 1 atom stereocenters. The molecule has 1 amide bonds. The van der Waals surface area contributed by atoms with Gasteiger partial charge in [0.2, 0.25) is 5.91 Å². The van der Waals surface area contributed by atoms with Crippen LogP contribution in [0.3, 0.4) is 0 Å². The molecule has 1 aliphatic rings. The van der Waals surface area contributed by atoms with E-state index >= 15 is 0 Å². The number of nitrogens with one attached hydrogen (secondary N) is 2. The van der Waals surface area contributed by atoms with Crippen molar-refractivity contribution in [3.05, 3.63) is 35.4 Å². The predicted molar refractivity (Wildman–Crippen MR) is 82.8 cm³/mol. The number of carbonyl (C=O) groups excluding carboxylic acids is 1. The molecule has 0 spiro atoms. The molecule has 1 aliphatic heterocycles. The predicted octanol–water partition coefficient (Wildman–Crippen LogP) is 3.66. The number of halogens is 3. The summed E-state index contributed by atoms with van der Waals surface area (Å²) in [5.41, 5.74) is -0.221. The summed E-state index contributed by atoms with van der Waals surface area (Å²) >= 11 is 0. The number of hydrogen-bond donors (Lipinski definition) is 2. The van der Waals surface area contributed by atoms with E-state index in [1.165, 1.54) is 6.07 Å². The van der Waals surface area contributed by atoms with Gasteiger partial charge < -0.3 is 10.6 Å². The Bertz CT molecular complexity index is 525. The maximum absolute atomic E-state index is 12.7. The van der Waals surface area contributed by atoms with Gasteiger partial charge >= 0.3 is 6.18 Å². The quantitative estimate of drug-likeness (QED) is 0.866. The van der Waals surface area contributed by atoms with E-state index in [0.717, 1.165) is 44.5 Å². The van der Waals surface area contributed by atoms with Crippen molar-refractivity contribution in [1.82, 2.24) is 10.6 Å². The van der Waals surface area contributed by atoms with Gasteiger partial charge in [0.1, 0.15) is 0 Å². The second-order valence-corrected chi connectivity index (χ2v) is 6.14. The minimum atomic E-state index is -4.37. The standard InChI is InChI=1S/C17H23F3N2O/c1-12(14-3-2-4-15(11-14)17(18,19)20)22-16(23)6-5-13-7-9-21-10-8-13/h2-4,11-13,21H,5-10H2,1H3,(H,22,23). The molecular weight excluding hydrogens is 305 g/mol. The summed E-state index contributed by atoms with van der Waals surface area (Å²) in [5.74, 6) is 0.458. The molecular formula is C17H23F3N2O. The van der Waals surface area contributed by atoms with Gasteiger partial charge in [-0.2, -0.15) is 13.2 Å². The number of carbonyl (C=O) groups is 1. The van der Waals surface area contributed by atoms with Crippen molar-refractivity contribution in [2.24, 2.45) is 5.92 Å². The van der Waals surface area contributed by atoms with Gasteiger partial charge in [0.15, 0.2) is 0 Å². The van der Waals surface area contributed by atoms with Gasteiger partial charge in [-0.3, -0.25) is 4.79 Å². The Balaban J connectivity index is 1.85. The summed E-state index contributed by atoms with van der Waals surface area (Å²) in [6, 6.07) is 4.67. The Morgan fingerprint density at radius 2 is 2.04 bits per heavy atom. The van der Waals surface area contributed by atoms with E-state index < -0.39 is 17.8 Å². The minimum Gasteiger partial charge on any atom is -0.350 e. The number of alkyl halides is 3. The highest BCUT2D eigenvalue weighted by Gasteiger charge is 2.30. The molecule has 0 aliphatic carbocycles. The Morgan fingerprint density at radius 3 is 2.70 bits per heavy atom. The van der Waals surface area contributed by atoms with Crippen LogP contribution in [0.4, 0.5) is 13.2 Å². The number of amides is 1. The van der Waals surface area contributed by atoms with Crippen LogP contribution in [0.15, 0.2) is 24.3 Å². The first kappa shape index (κ1) is 17.8. The van der Waals surface area contributed by atoms with Gasteiger partial charge in [0.05, 0.1) is 11.6 Å². The summed E-state index contributed by atoms with van der Waals surface area (Å²) in [5, 5.41) is 6.07. The van der Waals surface area contributed by atoms with Crippen LogP contribution < -0.4 is 10.6 Å². The lowest BCUT2D eigenvalue weighted by molar-refractivity contribution is -0.137. The van der Waals surface area contributed by atoms with Gasteiger partial charge in [0.25, 0.3) is 0 Å². The van der Waals surface area contributed by atoms with Gasteiger partial charge in [-0.05, 0) is 62.9 Å². The van der Waals surface area contributed by atoms with Crippen molar-refractivity contribution < 1.29 is 18.0 Å². The molecule has 1 unspecified atom stereocenters. The van der Waals surface area contributed by atoms with Crippen molar-refractivity contribution in [1.29, 1.82) is 0 Å². The second-order valence-electron chi connectivity index (χ2n) is 6.14. The topological polar surface area (TPSA) is 41.1 Å². The van der Waals surface area contributed by atoms with E-state index in [0.29, 0.717) is 17.9 Å². The number of hydrogen-bond acceptors (Lipinski definition) is 2. The first-order chi connectivity index (χ1) is 10.9. The lowest BCUT2D eigenvalue weighted by Gasteiger charge is -2.22. The SMILES string of the molecule is CC(NC(=O)CCC1CCNCC1)c1cccc(C(F)(F)F)c1. The zero-order valence-corrected chi connectivity index (χ0v) is 13.2. The zero-order chi connectivity index (χ0) is 16.9. The number of rotatable bonds is 5. The van der Waals surface area contributed by atoms with E-state index in [2.05, 4.69) is 10.6 Å². The maximum atomic E-state index is 12.7. The molecule has 1 aromatic rings. The molecule has 1 aromatic carbocycles. The van der Waals surface area contributed by atoms with E-state index in [9.17, 15) is 18.0 Å². The summed E-state index contributed by atoms with van der Waals surface area (Å²) in [7, 11) is 0. The number of benzene rings is 1. The lowest BCUT2D eigenvalue weighted by Crippen LogP contribution is -2.30. The second kappa shape index (κ2) is 7.81. The fraction of sp³-hybridized carbons (Fsp3) is 0.588. The minimum absolute atomic E-state index is 0.103. The highest BCUT2D eigenvalue weighted by Crippen LogP contribution is 2.30. The highest BCUT2D eigenvalue weighted by atomic mass is 19.4. The largest absolute Gasteiger partial charge is 0.416 e. The molecule has 6 heteroatoms. The van der Waals surface area contributed by atoms with Gasteiger partial charge in [-0.15, -0.1) is 0 Å². The van der Waals surface area contributed by atoms with Crippen LogP contribution in [-0.2, 0) is 11.0 Å². The van der Waals surface area contributed by atoms with Crippen LogP contribution >= 0.6 is 0 Å². The van der Waals surface area contributed by atoms with E-state index in [-0.39, 0.29) is 5.91 Å². The first-order valence-electron chi connectivity index (χ1n) is 8.03. The summed E-state index contributed by atoms with van der Waals surface area (Å²) in [6.07, 6.45) is -0.946.